The molecule has 0 spiro atoms. The smallest absolute Gasteiger partial charge is 0.377 e. The molecular formula is C7H8O6. The Morgan fingerprint density at radius 1 is 1.54 bits per heavy atom. The lowest BCUT2D eigenvalue weighted by molar-refractivity contribution is -0.143. The predicted molar refractivity (Wildman–Crippen MR) is 38.8 cm³/mol. The molecule has 0 amide bonds. The molecule has 1 heterocycles. The Hall–Kier alpha value is -1.72. The lowest BCUT2D eigenvalue weighted by Crippen LogP contribution is -2.14. The largest absolute Gasteiger partial charge is 0.505 e. The van der Waals surface area contributed by atoms with E-state index in [0.29, 0.717) is 0 Å². The molecule has 2 N–H and O–H groups in total. The maximum Gasteiger partial charge on any atom is 0.377 e. The number of rotatable bonds is 4. The van der Waals surface area contributed by atoms with E-state index in [-0.39, 0.29) is 19.5 Å². The first-order valence-electron chi connectivity index (χ1n) is 3.55. The standard InChI is InChI=1S/C7H8O6/c8-3-12-2-1-4-5(9)6(10)7(11)13-4/h3-4,9-10H,1-2H2. The maximum absolute atomic E-state index is 10.6. The summed E-state index contributed by atoms with van der Waals surface area (Å²) in [5.41, 5.74) is 0. The van der Waals surface area contributed by atoms with Crippen molar-refractivity contribution in [3.63, 3.8) is 0 Å². The number of hydrogen-bond acceptors (Lipinski definition) is 6. The van der Waals surface area contributed by atoms with Crippen LogP contribution in [0.4, 0.5) is 0 Å². The minimum atomic E-state index is -0.964. The van der Waals surface area contributed by atoms with E-state index in [9.17, 15) is 9.59 Å². The Morgan fingerprint density at radius 2 is 2.23 bits per heavy atom. The summed E-state index contributed by atoms with van der Waals surface area (Å²) in [6.45, 7) is 0.260. The number of cyclic esters (lactones) is 1. The quantitative estimate of drug-likeness (QED) is 0.360. The lowest BCUT2D eigenvalue weighted by Gasteiger charge is -2.07. The summed E-state index contributed by atoms with van der Waals surface area (Å²) in [4.78, 5) is 20.4. The Bertz CT molecular complexity index is 256. The molecule has 0 bridgehead atoms. The van der Waals surface area contributed by atoms with E-state index in [1.54, 1.807) is 0 Å². The van der Waals surface area contributed by atoms with Crippen LogP contribution in [0.5, 0.6) is 0 Å². The van der Waals surface area contributed by atoms with Crippen LogP contribution in [0.15, 0.2) is 11.5 Å². The molecule has 1 rings (SSSR count). The topological polar surface area (TPSA) is 93.1 Å². The van der Waals surface area contributed by atoms with E-state index in [0.717, 1.165) is 0 Å². The van der Waals surface area contributed by atoms with E-state index in [2.05, 4.69) is 9.47 Å². The molecule has 1 aliphatic heterocycles. The maximum atomic E-state index is 10.6. The van der Waals surface area contributed by atoms with Crippen molar-refractivity contribution in [1.82, 2.24) is 0 Å². The second-order valence-corrected chi connectivity index (χ2v) is 2.38. The third-order valence-corrected chi connectivity index (χ3v) is 1.56. The summed E-state index contributed by atoms with van der Waals surface area (Å²) in [6.07, 6.45) is -0.784. The lowest BCUT2D eigenvalue weighted by atomic mass is 10.2. The van der Waals surface area contributed by atoms with Gasteiger partial charge in [0.1, 0.15) is 0 Å². The van der Waals surface area contributed by atoms with Gasteiger partial charge in [0.2, 0.25) is 5.76 Å². The zero-order chi connectivity index (χ0) is 9.84. The summed E-state index contributed by atoms with van der Waals surface area (Å²) in [5.74, 6) is -2.26. The van der Waals surface area contributed by atoms with Crippen molar-refractivity contribution in [3.8, 4) is 0 Å². The van der Waals surface area contributed by atoms with Crippen LogP contribution in [-0.4, -0.2) is 35.4 Å². The molecule has 0 aromatic rings. The third-order valence-electron chi connectivity index (χ3n) is 1.56. The fourth-order valence-electron chi connectivity index (χ4n) is 0.917. The van der Waals surface area contributed by atoms with Crippen LogP contribution in [0.25, 0.3) is 0 Å². The normalized spacial score (nSPS) is 21.5. The second-order valence-electron chi connectivity index (χ2n) is 2.38. The zero-order valence-electron chi connectivity index (χ0n) is 6.60. The Morgan fingerprint density at radius 3 is 2.69 bits per heavy atom. The van der Waals surface area contributed by atoms with Gasteiger partial charge in [0, 0.05) is 6.42 Å². The summed E-state index contributed by atoms with van der Waals surface area (Å²) in [6, 6.07) is 0. The van der Waals surface area contributed by atoms with Crippen molar-refractivity contribution >= 4 is 12.4 Å². The van der Waals surface area contributed by atoms with E-state index in [1.807, 2.05) is 0 Å². The molecule has 13 heavy (non-hydrogen) atoms. The first-order valence-corrected chi connectivity index (χ1v) is 3.55. The summed E-state index contributed by atoms with van der Waals surface area (Å²) in [7, 11) is 0. The number of carbonyl (C=O) groups excluding carboxylic acids is 2. The average molecular weight is 188 g/mol. The molecule has 0 saturated carbocycles. The van der Waals surface area contributed by atoms with Gasteiger partial charge in [-0.1, -0.05) is 0 Å². The van der Waals surface area contributed by atoms with Gasteiger partial charge in [0.25, 0.3) is 6.47 Å². The first kappa shape index (κ1) is 9.37. The Kier molecular flexibility index (Phi) is 2.73. The highest BCUT2D eigenvalue weighted by molar-refractivity contribution is 5.88. The van der Waals surface area contributed by atoms with Crippen molar-refractivity contribution in [2.24, 2.45) is 0 Å². The molecule has 0 aliphatic carbocycles. The highest BCUT2D eigenvalue weighted by atomic mass is 16.6. The molecule has 1 atom stereocenters. The van der Waals surface area contributed by atoms with Crippen LogP contribution < -0.4 is 0 Å². The summed E-state index contributed by atoms with van der Waals surface area (Å²) < 4.78 is 8.85. The van der Waals surface area contributed by atoms with Crippen molar-refractivity contribution < 1.29 is 29.3 Å². The molecule has 0 aromatic carbocycles. The molecule has 0 fully saturated rings. The summed E-state index contributed by atoms with van der Waals surface area (Å²) in [5, 5.41) is 17.9. The van der Waals surface area contributed by atoms with Gasteiger partial charge in [0.15, 0.2) is 11.9 Å². The number of esters is 1. The number of aliphatic hydroxyl groups excluding tert-OH is 2. The molecular weight excluding hydrogens is 180 g/mol. The van der Waals surface area contributed by atoms with Gasteiger partial charge < -0.3 is 19.7 Å². The fraction of sp³-hybridized carbons (Fsp3) is 0.429. The average Bonchev–Trinajstić information content (AvgIpc) is 2.34. The highest BCUT2D eigenvalue weighted by Gasteiger charge is 2.33. The molecule has 0 radical (unpaired) electrons. The zero-order valence-corrected chi connectivity index (χ0v) is 6.60. The molecule has 1 unspecified atom stereocenters. The van der Waals surface area contributed by atoms with Gasteiger partial charge in [0.05, 0.1) is 6.61 Å². The van der Waals surface area contributed by atoms with Crippen LogP contribution in [0.1, 0.15) is 6.42 Å². The van der Waals surface area contributed by atoms with Gasteiger partial charge >= 0.3 is 5.97 Å². The van der Waals surface area contributed by atoms with Crippen LogP contribution >= 0.6 is 0 Å². The van der Waals surface area contributed by atoms with E-state index >= 15 is 0 Å². The minimum absolute atomic E-state index is 0.0127. The van der Waals surface area contributed by atoms with Crippen LogP contribution in [0, 0.1) is 0 Å². The minimum Gasteiger partial charge on any atom is -0.505 e. The molecule has 72 valence electrons. The number of ether oxygens (including phenoxy) is 2. The first-order chi connectivity index (χ1) is 6.16. The van der Waals surface area contributed by atoms with Crippen molar-refractivity contribution in [2.45, 2.75) is 12.5 Å². The monoisotopic (exact) mass is 188 g/mol. The summed E-state index contributed by atoms with van der Waals surface area (Å²) >= 11 is 0. The van der Waals surface area contributed by atoms with Gasteiger partial charge in [-0.3, -0.25) is 4.79 Å². The van der Waals surface area contributed by atoms with Crippen LogP contribution in [0.2, 0.25) is 0 Å². The Labute approximate surface area is 73.4 Å². The molecule has 6 nitrogen and oxygen atoms in total. The molecule has 6 heteroatoms. The van der Waals surface area contributed by atoms with Gasteiger partial charge in [-0.25, -0.2) is 4.79 Å². The van der Waals surface area contributed by atoms with Gasteiger partial charge in [-0.2, -0.15) is 0 Å². The van der Waals surface area contributed by atoms with E-state index in [4.69, 9.17) is 10.2 Å². The number of hydrogen-bond donors (Lipinski definition) is 2. The Balaban J connectivity index is 2.46. The highest BCUT2D eigenvalue weighted by Crippen LogP contribution is 2.20. The van der Waals surface area contributed by atoms with Gasteiger partial charge in [-0.05, 0) is 0 Å². The van der Waals surface area contributed by atoms with Crippen molar-refractivity contribution in [2.75, 3.05) is 6.61 Å². The van der Waals surface area contributed by atoms with Crippen LogP contribution in [0.3, 0.4) is 0 Å². The second kappa shape index (κ2) is 3.79. The van der Waals surface area contributed by atoms with Crippen LogP contribution in [-0.2, 0) is 19.1 Å². The fourth-order valence-corrected chi connectivity index (χ4v) is 0.917. The molecule has 1 aliphatic rings. The predicted octanol–water partition coefficient (Wildman–Crippen LogP) is -0.197. The van der Waals surface area contributed by atoms with E-state index in [1.165, 1.54) is 0 Å². The van der Waals surface area contributed by atoms with E-state index < -0.39 is 23.6 Å². The molecule has 0 aromatic heterocycles. The SMILES string of the molecule is O=COCCC1OC(=O)C(O)=C1O. The molecule has 0 saturated heterocycles. The third kappa shape index (κ3) is 1.90. The number of carbonyl (C=O) groups is 2. The van der Waals surface area contributed by atoms with Crippen molar-refractivity contribution in [1.29, 1.82) is 0 Å². The number of aliphatic hydroxyl groups is 2. The van der Waals surface area contributed by atoms with Gasteiger partial charge in [-0.15, -0.1) is 0 Å². The van der Waals surface area contributed by atoms with Crippen molar-refractivity contribution in [3.05, 3.63) is 11.5 Å².